The van der Waals surface area contributed by atoms with Crippen molar-refractivity contribution in [2.45, 2.75) is 57.0 Å². The van der Waals surface area contributed by atoms with Crippen LogP contribution >= 0.6 is 0 Å². The fourth-order valence-corrected chi connectivity index (χ4v) is 6.32. The maximum Gasteiger partial charge on any atom is 0.225 e. The van der Waals surface area contributed by atoms with Gasteiger partial charge in [0.05, 0.1) is 18.7 Å². The molecule has 5 fully saturated rings. The van der Waals surface area contributed by atoms with Crippen LogP contribution in [0.5, 0.6) is 0 Å². The summed E-state index contributed by atoms with van der Waals surface area (Å²) >= 11 is 0. The molecule has 5 aliphatic rings. The maximum atomic E-state index is 12.9. The summed E-state index contributed by atoms with van der Waals surface area (Å²) in [6, 6.07) is 3.70. The molecule has 4 saturated carbocycles. The van der Waals surface area contributed by atoms with Crippen LogP contribution in [0.2, 0.25) is 0 Å². The Labute approximate surface area is 148 Å². The van der Waals surface area contributed by atoms with Gasteiger partial charge in [0.25, 0.3) is 0 Å². The minimum absolute atomic E-state index is 0.0311. The molecule has 2 heterocycles. The summed E-state index contributed by atoms with van der Waals surface area (Å²) in [7, 11) is 0. The number of furan rings is 1. The first-order valence-corrected chi connectivity index (χ1v) is 9.71. The van der Waals surface area contributed by atoms with Crippen LogP contribution < -0.4 is 5.32 Å². The average molecular weight is 342 g/mol. The largest absolute Gasteiger partial charge is 0.467 e. The SMILES string of the molecule is O=C(NC12CC3CC(CC(C3)C1)C2)C1CC(=O)N(Cc2ccco2)C1. The molecule has 1 aromatic heterocycles. The van der Waals surface area contributed by atoms with E-state index in [1.54, 1.807) is 11.2 Å². The van der Waals surface area contributed by atoms with Gasteiger partial charge in [0.15, 0.2) is 0 Å². The third kappa shape index (κ3) is 2.77. The highest BCUT2D eigenvalue weighted by molar-refractivity contribution is 5.89. The molecule has 0 aromatic carbocycles. The van der Waals surface area contributed by atoms with Gasteiger partial charge in [0, 0.05) is 18.5 Å². The second-order valence-electron chi connectivity index (χ2n) is 8.94. The highest BCUT2D eigenvalue weighted by Gasteiger charge is 2.52. The van der Waals surface area contributed by atoms with Crippen molar-refractivity contribution in [2.75, 3.05) is 6.54 Å². The summed E-state index contributed by atoms with van der Waals surface area (Å²) < 4.78 is 5.34. The third-order valence-electron chi connectivity index (χ3n) is 6.94. The van der Waals surface area contributed by atoms with Gasteiger partial charge in [0.2, 0.25) is 11.8 Å². The molecule has 1 atom stereocenters. The fraction of sp³-hybridized carbons (Fsp3) is 0.700. The fourth-order valence-electron chi connectivity index (χ4n) is 6.32. The minimum atomic E-state index is -0.213. The van der Waals surface area contributed by atoms with Crippen LogP contribution in [-0.2, 0) is 16.1 Å². The van der Waals surface area contributed by atoms with E-state index in [9.17, 15) is 9.59 Å². The van der Waals surface area contributed by atoms with E-state index in [-0.39, 0.29) is 23.3 Å². The molecule has 6 rings (SSSR count). The maximum absolute atomic E-state index is 12.9. The standard InChI is InChI=1S/C20H26N2O3/c23-18-7-16(11-22(18)12-17-2-1-3-25-17)19(24)21-20-8-13-4-14(9-20)6-15(5-13)10-20/h1-3,13-16H,4-12H2,(H,21,24). The molecule has 4 bridgehead atoms. The first kappa shape index (κ1) is 15.5. The lowest BCUT2D eigenvalue weighted by atomic mass is 9.53. The van der Waals surface area contributed by atoms with Crippen LogP contribution in [0, 0.1) is 23.7 Å². The molecule has 1 saturated heterocycles. The number of amides is 2. The number of carbonyl (C=O) groups excluding carboxylic acids is 2. The number of nitrogens with one attached hydrogen (secondary N) is 1. The molecule has 25 heavy (non-hydrogen) atoms. The van der Waals surface area contributed by atoms with E-state index in [1.165, 1.54) is 19.3 Å². The van der Waals surface area contributed by atoms with Crippen molar-refractivity contribution in [3.05, 3.63) is 24.2 Å². The molecule has 4 aliphatic carbocycles. The Bertz CT molecular complexity index is 646. The molecule has 1 aromatic rings. The molecular weight excluding hydrogens is 316 g/mol. The van der Waals surface area contributed by atoms with E-state index in [4.69, 9.17) is 4.42 Å². The summed E-state index contributed by atoms with van der Waals surface area (Å²) in [5, 5.41) is 3.43. The van der Waals surface area contributed by atoms with Gasteiger partial charge in [0.1, 0.15) is 5.76 Å². The molecule has 5 heteroatoms. The van der Waals surface area contributed by atoms with Gasteiger partial charge in [-0.25, -0.2) is 0 Å². The lowest BCUT2D eigenvalue weighted by molar-refractivity contribution is -0.132. The molecule has 1 unspecified atom stereocenters. The Kier molecular flexibility index (Phi) is 3.47. The van der Waals surface area contributed by atoms with Crippen molar-refractivity contribution in [1.82, 2.24) is 10.2 Å². The second kappa shape index (κ2) is 5.61. The quantitative estimate of drug-likeness (QED) is 0.915. The zero-order chi connectivity index (χ0) is 17.0. The number of carbonyl (C=O) groups is 2. The van der Waals surface area contributed by atoms with E-state index < -0.39 is 0 Å². The molecule has 1 N–H and O–H groups in total. The van der Waals surface area contributed by atoms with Crippen LogP contribution in [0.4, 0.5) is 0 Å². The topological polar surface area (TPSA) is 62.6 Å². The van der Waals surface area contributed by atoms with Gasteiger partial charge in [-0.2, -0.15) is 0 Å². The van der Waals surface area contributed by atoms with E-state index in [2.05, 4.69) is 5.32 Å². The van der Waals surface area contributed by atoms with Crippen molar-refractivity contribution in [1.29, 1.82) is 0 Å². The molecule has 5 nitrogen and oxygen atoms in total. The van der Waals surface area contributed by atoms with Crippen LogP contribution in [-0.4, -0.2) is 28.8 Å². The van der Waals surface area contributed by atoms with Crippen molar-refractivity contribution in [3.63, 3.8) is 0 Å². The van der Waals surface area contributed by atoms with E-state index in [1.807, 2.05) is 12.1 Å². The van der Waals surface area contributed by atoms with E-state index >= 15 is 0 Å². The zero-order valence-electron chi connectivity index (χ0n) is 14.6. The Morgan fingerprint density at radius 1 is 1.20 bits per heavy atom. The highest BCUT2D eigenvalue weighted by Crippen LogP contribution is 2.55. The molecule has 2 amide bonds. The number of rotatable bonds is 4. The Hall–Kier alpha value is -1.78. The Balaban J connectivity index is 1.24. The summed E-state index contributed by atoms with van der Waals surface area (Å²) in [6.45, 7) is 0.977. The van der Waals surface area contributed by atoms with Gasteiger partial charge < -0.3 is 14.6 Å². The van der Waals surface area contributed by atoms with Crippen molar-refractivity contribution < 1.29 is 14.0 Å². The molecule has 0 radical (unpaired) electrons. The van der Waals surface area contributed by atoms with Crippen molar-refractivity contribution >= 4 is 11.8 Å². The minimum Gasteiger partial charge on any atom is -0.467 e. The van der Waals surface area contributed by atoms with E-state index in [0.29, 0.717) is 19.5 Å². The molecular formula is C20H26N2O3. The zero-order valence-corrected chi connectivity index (χ0v) is 14.6. The van der Waals surface area contributed by atoms with Crippen LogP contribution in [0.1, 0.15) is 50.7 Å². The van der Waals surface area contributed by atoms with Crippen LogP contribution in [0.3, 0.4) is 0 Å². The number of hydrogen-bond donors (Lipinski definition) is 1. The predicted molar refractivity (Wildman–Crippen MR) is 91.3 cm³/mol. The first-order valence-electron chi connectivity index (χ1n) is 9.71. The average Bonchev–Trinajstić information content (AvgIpc) is 3.16. The molecule has 0 spiro atoms. The summed E-state index contributed by atoms with van der Waals surface area (Å²) in [4.78, 5) is 26.9. The summed E-state index contributed by atoms with van der Waals surface area (Å²) in [5.74, 6) is 3.15. The lowest BCUT2D eigenvalue weighted by Gasteiger charge is -2.57. The lowest BCUT2D eigenvalue weighted by Crippen LogP contribution is -2.60. The predicted octanol–water partition coefficient (Wildman–Crippen LogP) is 2.71. The van der Waals surface area contributed by atoms with E-state index in [0.717, 1.165) is 42.8 Å². The smallest absolute Gasteiger partial charge is 0.225 e. The molecule has 1 aliphatic heterocycles. The first-order chi connectivity index (χ1) is 12.1. The normalized spacial score (nSPS) is 39.2. The number of nitrogens with zero attached hydrogens (tertiary/aromatic N) is 1. The number of likely N-dealkylation sites (tertiary alicyclic amines) is 1. The van der Waals surface area contributed by atoms with Gasteiger partial charge in [-0.3, -0.25) is 9.59 Å². The van der Waals surface area contributed by atoms with Gasteiger partial charge in [-0.1, -0.05) is 0 Å². The van der Waals surface area contributed by atoms with Gasteiger partial charge in [-0.15, -0.1) is 0 Å². The van der Waals surface area contributed by atoms with Gasteiger partial charge in [-0.05, 0) is 68.4 Å². The number of hydrogen-bond acceptors (Lipinski definition) is 3. The summed E-state index contributed by atoms with van der Waals surface area (Å²) in [5.41, 5.74) is 0.0311. The van der Waals surface area contributed by atoms with Crippen molar-refractivity contribution in [2.24, 2.45) is 23.7 Å². The Morgan fingerprint density at radius 3 is 2.48 bits per heavy atom. The van der Waals surface area contributed by atoms with Crippen LogP contribution in [0.15, 0.2) is 22.8 Å². The second-order valence-corrected chi connectivity index (χ2v) is 8.94. The Morgan fingerprint density at radius 2 is 1.88 bits per heavy atom. The summed E-state index contributed by atoms with van der Waals surface area (Å²) in [6.07, 6.45) is 9.52. The van der Waals surface area contributed by atoms with Crippen LogP contribution in [0.25, 0.3) is 0 Å². The third-order valence-corrected chi connectivity index (χ3v) is 6.94. The van der Waals surface area contributed by atoms with Crippen molar-refractivity contribution in [3.8, 4) is 0 Å². The molecule has 134 valence electrons. The van der Waals surface area contributed by atoms with Gasteiger partial charge >= 0.3 is 0 Å². The monoisotopic (exact) mass is 342 g/mol. The highest BCUT2D eigenvalue weighted by atomic mass is 16.3.